The quantitative estimate of drug-likeness (QED) is 0.0934. The molecule has 0 aliphatic rings. The van der Waals surface area contributed by atoms with E-state index in [1.165, 1.54) is 17.3 Å². The summed E-state index contributed by atoms with van der Waals surface area (Å²) in [6.07, 6.45) is 7.60. The molecular weight excluding hydrogens is 681 g/mol. The summed E-state index contributed by atoms with van der Waals surface area (Å²) in [5.74, 6) is 0.950. The zero-order valence-corrected chi connectivity index (χ0v) is 32.3. The molecule has 11 nitrogen and oxygen atoms in total. The first kappa shape index (κ1) is 40.9. The number of ether oxygens (including phenoxy) is 2. The van der Waals surface area contributed by atoms with Crippen LogP contribution in [0.15, 0.2) is 97.6 Å². The highest BCUT2D eigenvalue weighted by molar-refractivity contribution is 5.79. The van der Waals surface area contributed by atoms with Gasteiger partial charge in [0.15, 0.2) is 6.61 Å². The third kappa shape index (κ3) is 13.0. The Morgan fingerprint density at radius 1 is 0.648 bits per heavy atom. The van der Waals surface area contributed by atoms with Crippen LogP contribution in [0, 0.1) is 0 Å². The van der Waals surface area contributed by atoms with Crippen molar-refractivity contribution in [1.82, 2.24) is 30.8 Å². The van der Waals surface area contributed by atoms with E-state index in [0.717, 1.165) is 27.9 Å². The molecule has 5 aromatic rings. The van der Waals surface area contributed by atoms with Crippen LogP contribution in [-0.4, -0.2) is 51.2 Å². The fourth-order valence-corrected chi connectivity index (χ4v) is 5.46. The van der Waals surface area contributed by atoms with Crippen LogP contribution in [-0.2, 0) is 32.0 Å². The van der Waals surface area contributed by atoms with Gasteiger partial charge in [-0.2, -0.15) is 5.10 Å². The van der Waals surface area contributed by atoms with Crippen LogP contribution in [0.4, 0.5) is 0 Å². The smallest absolute Gasteiger partial charge is 0.344 e. The van der Waals surface area contributed by atoms with Crippen molar-refractivity contribution in [3.63, 3.8) is 0 Å². The Bertz CT molecular complexity index is 1890. The minimum atomic E-state index is -0.423. The number of carbonyl (C=O) groups is 3. The van der Waals surface area contributed by atoms with Gasteiger partial charge < -0.3 is 20.1 Å². The van der Waals surface area contributed by atoms with E-state index >= 15 is 0 Å². The molecule has 0 fully saturated rings. The van der Waals surface area contributed by atoms with Gasteiger partial charge >= 0.3 is 5.97 Å². The Morgan fingerprint density at radius 2 is 1.17 bits per heavy atom. The number of pyridine rings is 2. The summed E-state index contributed by atoms with van der Waals surface area (Å²) in [4.78, 5) is 44.7. The van der Waals surface area contributed by atoms with Crippen molar-refractivity contribution in [1.29, 1.82) is 0 Å². The molecule has 284 valence electrons. The van der Waals surface area contributed by atoms with Crippen molar-refractivity contribution in [3.8, 4) is 16.9 Å². The molecule has 3 N–H and O–H groups in total. The molecule has 11 heteroatoms. The first-order valence-corrected chi connectivity index (χ1v) is 18.4. The van der Waals surface area contributed by atoms with Gasteiger partial charge in [0.1, 0.15) is 5.75 Å². The Balaban J connectivity index is 0.000000241. The SMILES string of the molecule is CC(C)c1ccc(CC(=O)N[C@H](C)c2ccc(-c3cn[nH]c3)cn2)cc1.CCOC(=O)COc1ccc([C@@H](C)NC(=O)Cc2ccc(C(C)C)cc2)nc1. The molecule has 2 amide bonds. The van der Waals surface area contributed by atoms with Gasteiger partial charge in [0.2, 0.25) is 11.8 Å². The fraction of sp³-hybridized carbons (Fsp3) is 0.349. The Kier molecular flexibility index (Phi) is 15.5. The van der Waals surface area contributed by atoms with E-state index in [0.29, 0.717) is 42.7 Å². The van der Waals surface area contributed by atoms with Crippen LogP contribution in [0.25, 0.3) is 11.1 Å². The van der Waals surface area contributed by atoms with Gasteiger partial charge in [0, 0.05) is 23.5 Å². The molecule has 3 heterocycles. The number of hydrogen-bond acceptors (Lipinski definition) is 8. The molecule has 5 rings (SSSR count). The highest BCUT2D eigenvalue weighted by atomic mass is 16.6. The molecule has 3 aromatic heterocycles. The number of H-pyrrole nitrogens is 1. The number of carbonyl (C=O) groups excluding carboxylic acids is 3. The molecule has 0 bridgehead atoms. The standard InChI is InChI=1S/C22H28N2O4.C21H24N4O/c1-5-27-22(26)14-28-19-10-11-20(23-13-19)16(4)24-21(25)12-17-6-8-18(9-7-17)15(2)3;1-14(2)17-6-4-16(5-7-17)10-21(26)25-15(3)20-9-8-18(11-22-20)19-12-23-24-13-19/h6-11,13,15-16H,5,12,14H2,1-4H3,(H,24,25);4-9,11-15H,10H2,1-3H3,(H,23,24)(H,25,26)/t16-;15-/m11/s1. The van der Waals surface area contributed by atoms with Crippen molar-refractivity contribution < 1.29 is 23.9 Å². The number of esters is 1. The Hall–Kier alpha value is -5.84. The first-order chi connectivity index (χ1) is 25.9. The number of rotatable bonds is 15. The van der Waals surface area contributed by atoms with Gasteiger partial charge in [0.25, 0.3) is 0 Å². The number of nitrogens with one attached hydrogen (secondary N) is 3. The van der Waals surface area contributed by atoms with Gasteiger partial charge in [-0.05, 0) is 73.1 Å². The second-order valence-corrected chi connectivity index (χ2v) is 13.7. The molecule has 0 saturated carbocycles. The number of hydrogen-bond donors (Lipinski definition) is 3. The summed E-state index contributed by atoms with van der Waals surface area (Å²) in [5, 5.41) is 12.7. The summed E-state index contributed by atoms with van der Waals surface area (Å²) in [6, 6.07) is 23.4. The highest BCUT2D eigenvalue weighted by Crippen LogP contribution is 2.20. The molecule has 0 saturated heterocycles. The lowest BCUT2D eigenvalue weighted by molar-refractivity contribution is -0.145. The van der Waals surface area contributed by atoms with Gasteiger partial charge in [0.05, 0.1) is 55.3 Å². The molecular formula is C43H52N6O5. The minimum Gasteiger partial charge on any atom is -0.480 e. The topological polar surface area (TPSA) is 148 Å². The van der Waals surface area contributed by atoms with E-state index in [-0.39, 0.29) is 30.5 Å². The lowest BCUT2D eigenvalue weighted by Gasteiger charge is -2.14. The summed E-state index contributed by atoms with van der Waals surface area (Å²) in [5.41, 5.74) is 8.06. The van der Waals surface area contributed by atoms with Crippen LogP contribution >= 0.6 is 0 Å². The van der Waals surface area contributed by atoms with Crippen molar-refractivity contribution in [3.05, 3.63) is 131 Å². The number of amides is 2. The average Bonchev–Trinajstić information content (AvgIpc) is 3.70. The lowest BCUT2D eigenvalue weighted by Crippen LogP contribution is -2.28. The van der Waals surface area contributed by atoms with E-state index in [9.17, 15) is 14.4 Å². The maximum absolute atomic E-state index is 12.3. The minimum absolute atomic E-state index is 0.00416. The predicted octanol–water partition coefficient (Wildman–Crippen LogP) is 7.58. The maximum atomic E-state index is 12.3. The first-order valence-electron chi connectivity index (χ1n) is 18.4. The van der Waals surface area contributed by atoms with Gasteiger partial charge in [-0.25, -0.2) is 4.79 Å². The van der Waals surface area contributed by atoms with Gasteiger partial charge in [-0.15, -0.1) is 0 Å². The third-order valence-corrected chi connectivity index (χ3v) is 8.70. The number of aromatic nitrogens is 4. The molecule has 2 atom stereocenters. The van der Waals surface area contributed by atoms with E-state index in [1.54, 1.807) is 31.5 Å². The normalized spacial score (nSPS) is 11.9. The van der Waals surface area contributed by atoms with E-state index in [4.69, 9.17) is 9.47 Å². The van der Waals surface area contributed by atoms with Crippen molar-refractivity contribution in [2.45, 2.75) is 85.2 Å². The molecule has 0 aliphatic carbocycles. The van der Waals surface area contributed by atoms with Crippen LogP contribution in [0.3, 0.4) is 0 Å². The second kappa shape index (κ2) is 20.4. The number of benzene rings is 2. The molecule has 54 heavy (non-hydrogen) atoms. The number of nitrogens with zero attached hydrogens (tertiary/aromatic N) is 3. The van der Waals surface area contributed by atoms with Gasteiger partial charge in [-0.3, -0.25) is 24.7 Å². The molecule has 0 spiro atoms. The Morgan fingerprint density at radius 3 is 1.57 bits per heavy atom. The summed E-state index contributed by atoms with van der Waals surface area (Å²) >= 11 is 0. The van der Waals surface area contributed by atoms with Crippen molar-refractivity contribution in [2.24, 2.45) is 0 Å². The second-order valence-electron chi connectivity index (χ2n) is 13.7. The fourth-order valence-electron chi connectivity index (χ4n) is 5.46. The van der Waals surface area contributed by atoms with Crippen molar-refractivity contribution >= 4 is 17.8 Å². The molecule has 2 aromatic carbocycles. The Labute approximate surface area is 318 Å². The maximum Gasteiger partial charge on any atom is 0.344 e. The monoisotopic (exact) mass is 732 g/mol. The summed E-state index contributed by atoms with van der Waals surface area (Å²) in [6.45, 7) is 14.3. The lowest BCUT2D eigenvalue weighted by atomic mass is 10.0. The molecule has 0 radical (unpaired) electrons. The summed E-state index contributed by atoms with van der Waals surface area (Å²) < 4.78 is 10.1. The van der Waals surface area contributed by atoms with Crippen LogP contribution in [0.5, 0.6) is 5.75 Å². The summed E-state index contributed by atoms with van der Waals surface area (Å²) in [7, 11) is 0. The number of aromatic amines is 1. The van der Waals surface area contributed by atoms with Crippen LogP contribution in [0.2, 0.25) is 0 Å². The van der Waals surface area contributed by atoms with Crippen molar-refractivity contribution in [2.75, 3.05) is 13.2 Å². The van der Waals surface area contributed by atoms with E-state index in [1.807, 2.05) is 56.4 Å². The largest absolute Gasteiger partial charge is 0.480 e. The third-order valence-electron chi connectivity index (χ3n) is 8.70. The van der Waals surface area contributed by atoms with Crippen LogP contribution in [0.1, 0.15) is 106 Å². The predicted molar refractivity (Wildman–Crippen MR) is 210 cm³/mol. The highest BCUT2D eigenvalue weighted by Gasteiger charge is 2.14. The van der Waals surface area contributed by atoms with Gasteiger partial charge in [-0.1, -0.05) is 82.3 Å². The zero-order valence-electron chi connectivity index (χ0n) is 32.3. The van der Waals surface area contributed by atoms with E-state index in [2.05, 4.69) is 82.8 Å². The zero-order chi connectivity index (χ0) is 39.0. The average molecular weight is 733 g/mol. The van der Waals surface area contributed by atoms with Crippen LogP contribution < -0.4 is 15.4 Å². The molecule has 0 unspecified atom stereocenters. The molecule has 0 aliphatic heterocycles. The van der Waals surface area contributed by atoms with E-state index < -0.39 is 5.97 Å².